The van der Waals surface area contributed by atoms with Gasteiger partial charge in [0.05, 0.1) is 26.4 Å². The van der Waals surface area contributed by atoms with E-state index >= 15 is 0 Å². The number of unbranched alkanes of at least 4 members (excludes halogenated alkanes) is 59. The molecule has 0 heterocycles. The molecule has 0 aromatic carbocycles. The molecule has 0 saturated heterocycles. The summed E-state index contributed by atoms with van der Waals surface area (Å²) < 4.78 is 68.8. The summed E-state index contributed by atoms with van der Waals surface area (Å²) in [4.78, 5) is 73.1. The zero-order valence-corrected chi connectivity index (χ0v) is 69.1. The Labute approximate surface area is 632 Å². The highest BCUT2D eigenvalue weighted by Gasteiger charge is 2.30. The lowest BCUT2D eigenvalue weighted by Gasteiger charge is -2.21. The van der Waals surface area contributed by atoms with Crippen LogP contribution in [0.3, 0.4) is 0 Å². The van der Waals surface area contributed by atoms with Gasteiger partial charge in [0, 0.05) is 25.7 Å². The van der Waals surface area contributed by atoms with Gasteiger partial charge in [-0.1, -0.05) is 407 Å². The van der Waals surface area contributed by atoms with E-state index in [1.54, 1.807) is 0 Å². The van der Waals surface area contributed by atoms with Gasteiger partial charge in [-0.05, 0) is 25.7 Å². The summed E-state index contributed by atoms with van der Waals surface area (Å²) in [5, 5.41) is 10.7. The summed E-state index contributed by atoms with van der Waals surface area (Å²) >= 11 is 0. The van der Waals surface area contributed by atoms with Crippen LogP contribution in [0.25, 0.3) is 0 Å². The smallest absolute Gasteiger partial charge is 0.462 e. The fourth-order valence-electron chi connectivity index (χ4n) is 13.2. The molecule has 0 bridgehead atoms. The van der Waals surface area contributed by atoms with Crippen LogP contribution < -0.4 is 0 Å². The third-order valence-electron chi connectivity index (χ3n) is 19.9. The lowest BCUT2D eigenvalue weighted by Crippen LogP contribution is -2.30. The molecular weight excluding hydrogens is 1340 g/mol. The summed E-state index contributed by atoms with van der Waals surface area (Å²) in [6.45, 7) is 5.04. The molecule has 0 aliphatic carbocycles. The van der Waals surface area contributed by atoms with Gasteiger partial charge in [-0.15, -0.1) is 0 Å². The van der Waals surface area contributed by atoms with E-state index in [-0.39, 0.29) is 25.7 Å². The topological polar surface area (TPSA) is 237 Å². The Morgan fingerprint density at radius 1 is 0.233 bits per heavy atom. The molecule has 0 saturated carbocycles. The molecule has 0 fully saturated rings. The molecule has 3 N–H and O–H groups in total. The molecule has 0 spiro atoms. The molecule has 103 heavy (non-hydrogen) atoms. The van der Waals surface area contributed by atoms with Crippen molar-refractivity contribution in [3.8, 4) is 0 Å². The maximum Gasteiger partial charge on any atom is 0.472 e. The maximum absolute atomic E-state index is 13.1. The van der Waals surface area contributed by atoms with E-state index < -0.39 is 97.5 Å². The number of rotatable bonds is 85. The van der Waals surface area contributed by atoms with E-state index in [0.29, 0.717) is 25.7 Å². The number of phosphoric acid groups is 2. The van der Waals surface area contributed by atoms with Crippen molar-refractivity contribution in [1.29, 1.82) is 0 Å². The molecule has 2 unspecified atom stereocenters. The van der Waals surface area contributed by atoms with Crippen LogP contribution in [0.2, 0.25) is 0 Å². The quantitative estimate of drug-likeness (QED) is 0.0222. The Morgan fingerprint density at radius 3 is 0.573 bits per heavy atom. The fourth-order valence-corrected chi connectivity index (χ4v) is 14.7. The largest absolute Gasteiger partial charge is 0.472 e. The van der Waals surface area contributed by atoms with Gasteiger partial charge in [-0.3, -0.25) is 37.3 Å². The Bertz CT molecular complexity index is 1950. The van der Waals surface area contributed by atoms with Gasteiger partial charge < -0.3 is 33.8 Å². The van der Waals surface area contributed by atoms with Crippen molar-refractivity contribution in [2.24, 2.45) is 0 Å². The Balaban J connectivity index is 5.21. The summed E-state index contributed by atoms with van der Waals surface area (Å²) in [5.74, 6) is -2.10. The highest BCUT2D eigenvalue weighted by Crippen LogP contribution is 2.45. The number of hydrogen-bond donors (Lipinski definition) is 3. The van der Waals surface area contributed by atoms with Crippen molar-refractivity contribution in [2.75, 3.05) is 39.6 Å². The van der Waals surface area contributed by atoms with Gasteiger partial charge in [-0.2, -0.15) is 0 Å². The van der Waals surface area contributed by atoms with Crippen LogP contribution in [0, 0.1) is 0 Å². The number of carbonyl (C=O) groups is 4. The van der Waals surface area contributed by atoms with E-state index in [1.165, 1.54) is 289 Å². The minimum absolute atomic E-state index is 0.109. The van der Waals surface area contributed by atoms with Crippen LogP contribution in [0.4, 0.5) is 0 Å². The first-order valence-electron chi connectivity index (χ1n) is 43.8. The first-order valence-corrected chi connectivity index (χ1v) is 46.8. The maximum atomic E-state index is 13.1. The average molecular weight is 1510 g/mol. The van der Waals surface area contributed by atoms with Crippen LogP contribution in [0.1, 0.15) is 458 Å². The number of aliphatic hydroxyl groups excluding tert-OH is 1. The van der Waals surface area contributed by atoms with Crippen LogP contribution >= 0.6 is 15.6 Å². The molecule has 0 radical (unpaired) electrons. The molecule has 0 aliphatic heterocycles. The molecule has 0 amide bonds. The van der Waals surface area contributed by atoms with Crippen molar-refractivity contribution < 1.29 is 80.2 Å². The van der Waals surface area contributed by atoms with Gasteiger partial charge in [-0.25, -0.2) is 9.13 Å². The third kappa shape index (κ3) is 78.0. The summed E-state index contributed by atoms with van der Waals surface area (Å²) in [5.41, 5.74) is 0. The van der Waals surface area contributed by atoms with Crippen LogP contribution in [0.5, 0.6) is 0 Å². The van der Waals surface area contributed by atoms with Crippen molar-refractivity contribution in [3.63, 3.8) is 0 Å². The van der Waals surface area contributed by atoms with Crippen molar-refractivity contribution in [2.45, 2.75) is 476 Å². The van der Waals surface area contributed by atoms with Gasteiger partial charge in [0.1, 0.15) is 19.3 Å². The minimum atomic E-state index is -4.96. The predicted octanol–water partition coefficient (Wildman–Crippen LogP) is 25.7. The lowest BCUT2D eigenvalue weighted by molar-refractivity contribution is -0.161. The van der Waals surface area contributed by atoms with E-state index in [2.05, 4.69) is 27.7 Å². The molecule has 0 aliphatic rings. The molecule has 0 rings (SSSR count). The fraction of sp³-hybridized carbons (Fsp3) is 0.952. The van der Waals surface area contributed by atoms with E-state index in [9.17, 15) is 43.2 Å². The first-order chi connectivity index (χ1) is 50.2. The summed E-state index contributed by atoms with van der Waals surface area (Å²) in [6, 6.07) is 0. The minimum Gasteiger partial charge on any atom is -0.462 e. The lowest BCUT2D eigenvalue weighted by atomic mass is 10.0. The summed E-state index contributed by atoms with van der Waals surface area (Å²) in [6.07, 6.45) is 72.2. The zero-order valence-electron chi connectivity index (χ0n) is 67.3. The van der Waals surface area contributed by atoms with Gasteiger partial charge in [0.25, 0.3) is 0 Å². The second-order valence-electron chi connectivity index (χ2n) is 30.2. The number of carbonyl (C=O) groups excluding carboxylic acids is 4. The molecule has 17 nitrogen and oxygen atoms in total. The molecule has 19 heteroatoms. The SMILES string of the molecule is CCCCCCCCCCCCCCCCCCCCCCCCC(=O)O[C@H](COC(=O)CCCCCCCCCCCCCCCCCCC)COP(=O)(O)OC[C@@H](O)COP(=O)(O)OC[C@@H](COC(=O)CCCCCCCCCCCCC)OC(=O)CCCCCCCCCCCCCCC. The zero-order chi connectivity index (χ0) is 75.3. The second-order valence-corrected chi connectivity index (χ2v) is 33.1. The molecular formula is C84H164O17P2. The molecule has 5 atom stereocenters. The van der Waals surface area contributed by atoms with E-state index in [0.717, 1.165) is 89.9 Å². The van der Waals surface area contributed by atoms with Crippen molar-refractivity contribution >= 4 is 39.5 Å². The van der Waals surface area contributed by atoms with Crippen LogP contribution in [-0.4, -0.2) is 96.7 Å². The average Bonchev–Trinajstić information content (AvgIpc) is 1.07. The number of hydrogen-bond acceptors (Lipinski definition) is 15. The second kappa shape index (κ2) is 78.2. The monoisotopic (exact) mass is 1510 g/mol. The normalized spacial score (nSPS) is 13.7. The third-order valence-corrected chi connectivity index (χ3v) is 21.8. The van der Waals surface area contributed by atoms with E-state index in [4.69, 9.17) is 37.0 Å². The number of phosphoric ester groups is 2. The van der Waals surface area contributed by atoms with Crippen LogP contribution in [-0.2, 0) is 65.4 Å². The Morgan fingerprint density at radius 2 is 0.388 bits per heavy atom. The first kappa shape index (κ1) is 101. The van der Waals surface area contributed by atoms with Gasteiger partial charge in [0.15, 0.2) is 12.2 Å². The number of aliphatic hydroxyl groups is 1. The molecule has 0 aromatic heterocycles. The number of ether oxygens (including phenoxy) is 4. The molecule has 612 valence electrons. The van der Waals surface area contributed by atoms with Crippen LogP contribution in [0.15, 0.2) is 0 Å². The Kier molecular flexibility index (Phi) is 76.7. The van der Waals surface area contributed by atoms with E-state index in [1.807, 2.05) is 0 Å². The Hall–Kier alpha value is -1.94. The standard InChI is InChI=1S/C84H164O17P2/c1-5-9-13-17-21-25-29-32-34-36-37-38-39-40-42-44-47-51-55-59-63-67-71-84(89)101-80(75-95-82(87)69-65-61-57-53-49-46-43-41-35-33-30-26-22-18-14-10-6-2)77-99-103(92,93)97-73-78(85)72-96-102(90,91)98-76-79(74-94-81(86)68-64-60-56-52-48-28-24-20-16-12-8-4)100-83(88)70-66-62-58-54-50-45-31-27-23-19-15-11-7-3/h78-80,85H,5-77H2,1-4H3,(H,90,91)(H,92,93)/t78-,79+,80+/m0/s1. The molecule has 0 aromatic rings. The highest BCUT2D eigenvalue weighted by atomic mass is 31.2. The summed E-state index contributed by atoms with van der Waals surface area (Å²) in [7, 11) is -9.92. The van der Waals surface area contributed by atoms with Gasteiger partial charge in [0.2, 0.25) is 0 Å². The predicted molar refractivity (Wildman–Crippen MR) is 423 cm³/mol. The van der Waals surface area contributed by atoms with Gasteiger partial charge >= 0.3 is 39.5 Å². The van der Waals surface area contributed by atoms with Crippen molar-refractivity contribution in [3.05, 3.63) is 0 Å². The number of esters is 4. The highest BCUT2D eigenvalue weighted by molar-refractivity contribution is 7.47. The van der Waals surface area contributed by atoms with Crippen molar-refractivity contribution in [1.82, 2.24) is 0 Å².